The molecule has 0 amide bonds. The van der Waals surface area contributed by atoms with Gasteiger partial charge in [-0.3, -0.25) is 0 Å². The summed E-state index contributed by atoms with van der Waals surface area (Å²) in [5, 5.41) is 45.9. The van der Waals surface area contributed by atoms with Gasteiger partial charge < -0.3 is 31.0 Å². The summed E-state index contributed by atoms with van der Waals surface area (Å²) in [6, 6.07) is 23.2. The second-order valence-corrected chi connectivity index (χ2v) is 11.9. The molecule has 0 fully saturated rings. The van der Waals surface area contributed by atoms with Crippen molar-refractivity contribution in [1.29, 1.82) is 0 Å². The van der Waals surface area contributed by atoms with Crippen LogP contribution >= 0.6 is 0 Å². The Bertz CT molecular complexity index is 2260. The molecule has 0 saturated heterocycles. The van der Waals surface area contributed by atoms with E-state index in [1.807, 2.05) is 38.1 Å². The molecular formula is C33H26Li2N8O6S. The largest absolute Gasteiger partial charge is 1.00 e. The predicted octanol–water partition coefficient (Wildman–Crippen LogP) is 1.36. The number of azo groups is 3. The van der Waals surface area contributed by atoms with Crippen molar-refractivity contribution in [3.8, 4) is 16.9 Å². The molecular weight excluding hydrogens is 650 g/mol. The first kappa shape index (κ1) is 39.3. The van der Waals surface area contributed by atoms with Gasteiger partial charge in [-0.25, -0.2) is 8.42 Å². The number of phenols is 1. The molecule has 0 spiro atoms. The van der Waals surface area contributed by atoms with Gasteiger partial charge in [-0.2, -0.15) is 20.5 Å². The third-order valence-electron chi connectivity index (χ3n) is 7.08. The van der Waals surface area contributed by atoms with Crippen molar-refractivity contribution >= 4 is 61.6 Å². The van der Waals surface area contributed by atoms with Crippen molar-refractivity contribution in [1.82, 2.24) is 0 Å². The van der Waals surface area contributed by atoms with E-state index in [9.17, 15) is 28.0 Å². The van der Waals surface area contributed by atoms with Crippen LogP contribution < -0.4 is 54.3 Å². The van der Waals surface area contributed by atoms with Gasteiger partial charge >= 0.3 is 37.7 Å². The number of nitrogens with two attached hydrogens (primary N) is 2. The van der Waals surface area contributed by atoms with Crippen LogP contribution in [0.25, 0.3) is 11.1 Å². The van der Waals surface area contributed by atoms with Gasteiger partial charge in [0.1, 0.15) is 27.2 Å². The second-order valence-electron chi connectivity index (χ2n) is 10.5. The summed E-state index contributed by atoms with van der Waals surface area (Å²) < 4.78 is 33.4. The maximum absolute atomic E-state index is 11.2. The number of hydrogen-bond acceptors (Lipinski definition) is 14. The number of aromatic carboxylic acids is 1. The van der Waals surface area contributed by atoms with E-state index in [0.717, 1.165) is 34.4 Å². The predicted molar refractivity (Wildman–Crippen MR) is 176 cm³/mol. The first-order valence-electron chi connectivity index (χ1n) is 14.1. The van der Waals surface area contributed by atoms with Gasteiger partial charge in [0.15, 0.2) is 0 Å². The number of anilines is 2. The van der Waals surface area contributed by atoms with Crippen molar-refractivity contribution in [3.05, 3.63) is 108 Å². The summed E-state index contributed by atoms with van der Waals surface area (Å²) in [4.78, 5) is 10.8. The molecule has 0 unspecified atom stereocenters. The molecule has 17 heteroatoms. The number of aryl methyl sites for hydroxylation is 2. The maximum atomic E-state index is 11.2. The van der Waals surface area contributed by atoms with Crippen molar-refractivity contribution in [2.75, 3.05) is 11.5 Å². The van der Waals surface area contributed by atoms with Crippen LogP contribution in [0.4, 0.5) is 45.5 Å². The summed E-state index contributed by atoms with van der Waals surface area (Å²) in [5.41, 5.74) is 18.1. The Morgan fingerprint density at radius 1 is 0.660 bits per heavy atom. The molecule has 0 aliphatic heterocycles. The zero-order valence-corrected chi connectivity index (χ0v) is 28.2. The van der Waals surface area contributed by atoms with Crippen molar-refractivity contribution in [2.45, 2.75) is 18.7 Å². The van der Waals surface area contributed by atoms with E-state index in [-0.39, 0.29) is 76.6 Å². The van der Waals surface area contributed by atoms with E-state index in [4.69, 9.17) is 11.5 Å². The molecule has 242 valence electrons. The Morgan fingerprint density at radius 2 is 1.16 bits per heavy atom. The molecule has 5 N–H and O–H groups in total. The van der Waals surface area contributed by atoms with Crippen LogP contribution in [-0.2, 0) is 10.1 Å². The van der Waals surface area contributed by atoms with Crippen LogP contribution in [0.2, 0.25) is 0 Å². The number of carbonyl (C=O) groups is 1. The average molecular weight is 677 g/mol. The Labute approximate surface area is 311 Å². The minimum atomic E-state index is -4.58. The van der Waals surface area contributed by atoms with E-state index in [1.54, 1.807) is 24.3 Å². The summed E-state index contributed by atoms with van der Waals surface area (Å²) >= 11 is 0. The molecule has 5 aromatic rings. The van der Waals surface area contributed by atoms with Gasteiger partial charge in [0, 0.05) is 5.56 Å². The maximum Gasteiger partial charge on any atom is 1.00 e. The molecule has 0 heterocycles. The van der Waals surface area contributed by atoms with Gasteiger partial charge in [0.05, 0.1) is 45.0 Å². The monoisotopic (exact) mass is 676 g/mol. The number of rotatable bonds is 9. The molecule has 14 nitrogen and oxygen atoms in total. The number of carboxylic acids is 1. The van der Waals surface area contributed by atoms with Crippen LogP contribution in [0, 0.1) is 13.8 Å². The summed E-state index contributed by atoms with van der Waals surface area (Å²) in [7, 11) is -4.58. The van der Waals surface area contributed by atoms with Crippen molar-refractivity contribution in [2.24, 2.45) is 30.7 Å². The quantitative estimate of drug-likeness (QED) is 0.0888. The van der Waals surface area contributed by atoms with Gasteiger partial charge in [-0.05, 0) is 115 Å². The number of carboxylic acid groups (broad SMARTS) is 1. The molecule has 5 aromatic carbocycles. The molecule has 5 rings (SSSR count). The fraction of sp³-hybridized carbons (Fsp3) is 0.0606. The van der Waals surface area contributed by atoms with Gasteiger partial charge in [-0.1, -0.05) is 12.1 Å². The SMILES string of the molecule is Cc1cc(-c2ccc(N=Nc3c(N)ccc(N=Nc4ccc(S(=O)(=O)[O-])cc4)c3N)c(C)c2)ccc1N=Nc1ccc(O)c(C(=O)[O-])c1.[Li+].[Li+]. The van der Waals surface area contributed by atoms with Crippen molar-refractivity contribution < 1.29 is 65.7 Å². The van der Waals surface area contributed by atoms with E-state index >= 15 is 0 Å². The Balaban J connectivity index is 0.00000338. The van der Waals surface area contributed by atoms with Crippen LogP contribution in [0.1, 0.15) is 21.5 Å². The smallest absolute Gasteiger partial charge is 0.744 e. The van der Waals surface area contributed by atoms with Crippen LogP contribution in [0.15, 0.2) is 127 Å². The molecule has 0 aliphatic carbocycles. The number of aromatic hydroxyl groups is 1. The summed E-state index contributed by atoms with van der Waals surface area (Å²) in [6.07, 6.45) is 0. The molecule has 0 aliphatic rings. The summed E-state index contributed by atoms with van der Waals surface area (Å²) in [5.74, 6) is -1.93. The molecule has 0 radical (unpaired) electrons. The number of carbonyl (C=O) groups excluding carboxylic acids is 1. The normalized spacial score (nSPS) is 11.5. The fourth-order valence-electron chi connectivity index (χ4n) is 4.46. The molecule has 0 atom stereocenters. The van der Waals surface area contributed by atoms with Crippen molar-refractivity contribution in [3.63, 3.8) is 0 Å². The second kappa shape index (κ2) is 16.5. The molecule has 0 saturated carbocycles. The number of benzene rings is 5. The summed E-state index contributed by atoms with van der Waals surface area (Å²) in [6.45, 7) is 3.75. The molecule has 0 aromatic heterocycles. The molecule has 50 heavy (non-hydrogen) atoms. The van der Waals surface area contributed by atoms with E-state index in [1.165, 1.54) is 30.3 Å². The number of nitrogen functional groups attached to an aromatic ring is 2. The zero-order chi connectivity index (χ0) is 34.6. The van der Waals surface area contributed by atoms with Crippen LogP contribution in [-0.4, -0.2) is 24.0 Å². The molecule has 0 bridgehead atoms. The first-order chi connectivity index (χ1) is 22.8. The van der Waals surface area contributed by atoms with Gasteiger partial charge in [0.25, 0.3) is 0 Å². The fourth-order valence-corrected chi connectivity index (χ4v) is 4.93. The van der Waals surface area contributed by atoms with E-state index < -0.39 is 21.8 Å². The first-order valence-corrected chi connectivity index (χ1v) is 15.5. The third kappa shape index (κ3) is 9.31. The van der Waals surface area contributed by atoms with E-state index in [0.29, 0.717) is 17.1 Å². The van der Waals surface area contributed by atoms with Crippen LogP contribution in [0.3, 0.4) is 0 Å². The third-order valence-corrected chi connectivity index (χ3v) is 7.93. The average Bonchev–Trinajstić information content (AvgIpc) is 3.04. The topological polar surface area (TPSA) is 244 Å². The van der Waals surface area contributed by atoms with Gasteiger partial charge in [-0.15, -0.1) is 10.2 Å². The minimum Gasteiger partial charge on any atom is -0.744 e. The zero-order valence-electron chi connectivity index (χ0n) is 27.4. The Hall–Kier alpha value is -5.13. The minimum absolute atomic E-state index is 0. The van der Waals surface area contributed by atoms with E-state index in [2.05, 4.69) is 30.7 Å². The Morgan fingerprint density at radius 3 is 1.70 bits per heavy atom. The number of nitrogens with zero attached hydrogens (tertiary/aromatic N) is 6. The Kier molecular flexibility index (Phi) is 13.0. The standard InChI is InChI=1S/C33H28N8O6S.2Li/c1-18-15-20(3-11-27(18)38-37-23-7-14-30(42)25(17-23)33(43)44)21-4-12-28(19(2)16-21)39-41-32-26(34)10-13-29(31(32)35)40-36-22-5-8-24(9-6-22)48(45,46)47;;/h3-17,42H,34-35H2,1-2H3,(H,43,44)(H,45,46,47);;/q;2*+1/p-2. The number of hydrogen-bond donors (Lipinski definition) is 3. The van der Waals surface area contributed by atoms with Crippen LogP contribution in [0.5, 0.6) is 5.75 Å². The van der Waals surface area contributed by atoms with Gasteiger partial charge in [0.2, 0.25) is 0 Å².